The highest BCUT2D eigenvalue weighted by Gasteiger charge is 2.50. The van der Waals surface area contributed by atoms with E-state index in [9.17, 15) is 22.8 Å². The van der Waals surface area contributed by atoms with Gasteiger partial charge in [-0.2, -0.15) is 13.2 Å². The highest BCUT2D eigenvalue weighted by atomic mass is 35.5. The van der Waals surface area contributed by atoms with E-state index in [0.717, 1.165) is 12.3 Å². The second-order valence-corrected chi connectivity index (χ2v) is 5.57. The molecule has 0 radical (unpaired) electrons. The molecule has 132 valence electrons. The molecular formula is C16H13ClF3N3O2. The molecule has 0 fully saturated rings. The van der Waals surface area contributed by atoms with Gasteiger partial charge in [0.15, 0.2) is 5.41 Å². The van der Waals surface area contributed by atoms with Gasteiger partial charge < -0.3 is 11.1 Å². The smallest absolute Gasteiger partial charge is 0.368 e. The molecule has 0 aliphatic carbocycles. The fraction of sp³-hybridized carbons (Fsp3) is 0.188. The second kappa shape index (κ2) is 6.72. The van der Waals surface area contributed by atoms with E-state index < -0.39 is 34.7 Å². The number of alkyl halides is 3. The van der Waals surface area contributed by atoms with Crippen molar-refractivity contribution in [2.45, 2.75) is 11.6 Å². The molecule has 2 amide bonds. The zero-order valence-electron chi connectivity index (χ0n) is 12.9. The van der Waals surface area contributed by atoms with Crippen LogP contribution in [-0.4, -0.2) is 23.8 Å². The van der Waals surface area contributed by atoms with Crippen LogP contribution in [-0.2, 0) is 21.2 Å². The van der Waals surface area contributed by atoms with Gasteiger partial charge in [-0.15, -0.1) is 0 Å². The van der Waals surface area contributed by atoms with Gasteiger partial charge in [0.05, 0.1) is 11.3 Å². The number of nitrogens with one attached hydrogen (secondary N) is 1. The number of hydrogen-bond donors (Lipinski definition) is 2. The fourth-order valence-corrected chi connectivity index (χ4v) is 2.69. The average Bonchev–Trinajstić information content (AvgIpc) is 2.54. The molecule has 1 heterocycles. The maximum absolute atomic E-state index is 13.0. The summed E-state index contributed by atoms with van der Waals surface area (Å²) in [5.41, 5.74) is 1.70. The van der Waals surface area contributed by atoms with Gasteiger partial charge in [0.2, 0.25) is 11.8 Å². The third-order valence-corrected chi connectivity index (χ3v) is 3.90. The van der Waals surface area contributed by atoms with Gasteiger partial charge in [-0.1, -0.05) is 23.7 Å². The summed E-state index contributed by atoms with van der Waals surface area (Å²) in [6.45, 7) is 0. The summed E-state index contributed by atoms with van der Waals surface area (Å²) in [6.07, 6.45) is -3.82. The number of carbonyl (C=O) groups is 2. The molecule has 0 saturated heterocycles. The summed E-state index contributed by atoms with van der Waals surface area (Å²) >= 11 is 5.91. The van der Waals surface area contributed by atoms with E-state index in [1.54, 1.807) is 0 Å². The Hall–Kier alpha value is -2.61. The van der Waals surface area contributed by atoms with Gasteiger partial charge in [0, 0.05) is 18.3 Å². The van der Waals surface area contributed by atoms with Crippen LogP contribution in [0.4, 0.5) is 13.2 Å². The lowest BCUT2D eigenvalue weighted by Gasteiger charge is -2.29. The van der Waals surface area contributed by atoms with Crippen molar-refractivity contribution in [3.8, 4) is 0 Å². The Balaban J connectivity index is 2.85. The molecule has 1 atom stereocenters. The number of pyridine rings is 1. The van der Waals surface area contributed by atoms with Crippen LogP contribution in [0.2, 0.25) is 5.02 Å². The van der Waals surface area contributed by atoms with Crippen molar-refractivity contribution in [1.82, 2.24) is 10.3 Å². The molecule has 0 spiro atoms. The number of carbonyl (C=O) groups excluding carboxylic acids is 2. The number of aromatic nitrogens is 1. The Morgan fingerprint density at radius 1 is 1.16 bits per heavy atom. The van der Waals surface area contributed by atoms with E-state index in [2.05, 4.69) is 10.3 Å². The largest absolute Gasteiger partial charge is 0.416 e. The summed E-state index contributed by atoms with van der Waals surface area (Å²) in [5, 5.41) is 2.44. The maximum atomic E-state index is 13.0. The van der Waals surface area contributed by atoms with Gasteiger partial charge in [-0.3, -0.25) is 14.6 Å². The van der Waals surface area contributed by atoms with Crippen LogP contribution in [0.3, 0.4) is 0 Å². The lowest BCUT2D eigenvalue weighted by molar-refractivity contribution is -0.139. The van der Waals surface area contributed by atoms with Crippen molar-refractivity contribution in [2.75, 3.05) is 7.05 Å². The van der Waals surface area contributed by atoms with Crippen molar-refractivity contribution < 1.29 is 22.8 Å². The van der Waals surface area contributed by atoms with Gasteiger partial charge in [0.25, 0.3) is 0 Å². The number of hydrogen-bond acceptors (Lipinski definition) is 3. The molecule has 0 aliphatic heterocycles. The number of halogens is 4. The summed E-state index contributed by atoms with van der Waals surface area (Å²) < 4.78 is 39.1. The minimum Gasteiger partial charge on any atom is -0.368 e. The van der Waals surface area contributed by atoms with Crippen LogP contribution < -0.4 is 11.1 Å². The number of likely N-dealkylation sites (N-methyl/N-ethyl adjacent to an activating group) is 1. The number of rotatable bonds is 4. The van der Waals surface area contributed by atoms with Crippen molar-refractivity contribution >= 4 is 23.4 Å². The number of amides is 2. The van der Waals surface area contributed by atoms with Crippen molar-refractivity contribution in [3.63, 3.8) is 0 Å². The van der Waals surface area contributed by atoms with Crippen LogP contribution >= 0.6 is 11.6 Å². The summed E-state index contributed by atoms with van der Waals surface area (Å²) in [6, 6.07) is 6.95. The fourth-order valence-electron chi connectivity index (χ4n) is 2.50. The number of nitrogens with two attached hydrogens (primary N) is 1. The van der Waals surface area contributed by atoms with Crippen LogP contribution in [0.5, 0.6) is 0 Å². The molecule has 0 saturated carbocycles. The first kappa shape index (κ1) is 18.7. The highest BCUT2D eigenvalue weighted by molar-refractivity contribution is 6.30. The van der Waals surface area contributed by atoms with Crippen molar-refractivity contribution in [3.05, 3.63) is 64.4 Å². The standard InChI is InChI=1S/C16H13ClF3N3O2/c1-22-14(25)15(13(21)24,9-3-2-4-11(17)7-9)12-8-10(5-6-23-12)16(18,19)20/h2-8H,1H3,(H2,21,24)(H,22,25). The van der Waals surface area contributed by atoms with Gasteiger partial charge in [-0.25, -0.2) is 0 Å². The van der Waals surface area contributed by atoms with Crippen molar-refractivity contribution in [1.29, 1.82) is 0 Å². The van der Waals surface area contributed by atoms with E-state index in [4.69, 9.17) is 17.3 Å². The molecule has 0 aliphatic rings. The zero-order valence-corrected chi connectivity index (χ0v) is 13.7. The predicted octanol–water partition coefficient (Wildman–Crippen LogP) is 2.27. The predicted molar refractivity (Wildman–Crippen MR) is 84.7 cm³/mol. The second-order valence-electron chi connectivity index (χ2n) is 5.13. The van der Waals surface area contributed by atoms with E-state index in [1.807, 2.05) is 0 Å². The summed E-state index contributed by atoms with van der Waals surface area (Å²) in [4.78, 5) is 28.7. The number of nitrogens with zero attached hydrogens (tertiary/aromatic N) is 1. The zero-order chi connectivity index (χ0) is 18.8. The minimum atomic E-state index is -4.68. The molecule has 1 aromatic carbocycles. The summed E-state index contributed by atoms with van der Waals surface area (Å²) in [5.74, 6) is -2.10. The molecule has 2 aromatic rings. The van der Waals surface area contributed by atoms with E-state index in [1.165, 1.54) is 31.3 Å². The van der Waals surface area contributed by atoms with Crippen molar-refractivity contribution in [2.24, 2.45) is 5.73 Å². The lowest BCUT2D eigenvalue weighted by atomic mass is 9.75. The summed E-state index contributed by atoms with van der Waals surface area (Å²) in [7, 11) is 1.23. The van der Waals surface area contributed by atoms with E-state index in [-0.39, 0.29) is 10.6 Å². The van der Waals surface area contributed by atoms with Gasteiger partial charge >= 0.3 is 6.18 Å². The SMILES string of the molecule is CNC(=O)C(C(N)=O)(c1cccc(Cl)c1)c1cc(C(F)(F)F)ccn1. The van der Waals surface area contributed by atoms with Crippen LogP contribution in [0.1, 0.15) is 16.8 Å². The van der Waals surface area contributed by atoms with E-state index in [0.29, 0.717) is 6.07 Å². The molecule has 1 unspecified atom stereocenters. The van der Waals surface area contributed by atoms with E-state index >= 15 is 0 Å². The third-order valence-electron chi connectivity index (χ3n) is 3.67. The number of benzene rings is 1. The monoisotopic (exact) mass is 371 g/mol. The quantitative estimate of drug-likeness (QED) is 0.808. The molecule has 25 heavy (non-hydrogen) atoms. The Labute approximate surface area is 146 Å². The van der Waals surface area contributed by atoms with Crippen LogP contribution in [0.15, 0.2) is 42.6 Å². The molecule has 1 aromatic heterocycles. The topological polar surface area (TPSA) is 85.1 Å². The van der Waals surface area contributed by atoms with Crippen LogP contribution in [0, 0.1) is 0 Å². The van der Waals surface area contributed by atoms with Gasteiger partial charge in [0.1, 0.15) is 0 Å². The first-order valence-electron chi connectivity index (χ1n) is 6.96. The first-order chi connectivity index (χ1) is 11.6. The first-order valence-corrected chi connectivity index (χ1v) is 7.33. The Bertz CT molecular complexity index is 826. The van der Waals surface area contributed by atoms with Gasteiger partial charge in [-0.05, 0) is 29.8 Å². The molecule has 3 N–H and O–H groups in total. The average molecular weight is 372 g/mol. The molecule has 0 bridgehead atoms. The normalized spacial score (nSPS) is 13.8. The molecule has 5 nitrogen and oxygen atoms in total. The molecule has 2 rings (SSSR count). The maximum Gasteiger partial charge on any atom is 0.416 e. The molecule has 9 heteroatoms. The molecular weight excluding hydrogens is 359 g/mol. The Morgan fingerprint density at radius 2 is 1.84 bits per heavy atom. The van der Waals surface area contributed by atoms with Crippen LogP contribution in [0.25, 0.3) is 0 Å². The highest BCUT2D eigenvalue weighted by Crippen LogP contribution is 2.36. The Morgan fingerprint density at radius 3 is 2.36 bits per heavy atom. The minimum absolute atomic E-state index is 0.0127. The number of primary amides is 1. The Kier molecular flexibility index (Phi) is 5.03. The third kappa shape index (κ3) is 3.30. The lowest BCUT2D eigenvalue weighted by Crippen LogP contribution is -2.53.